The molecule has 0 bridgehead atoms. The van der Waals surface area contributed by atoms with Crippen molar-refractivity contribution < 1.29 is 4.52 Å². The van der Waals surface area contributed by atoms with E-state index < -0.39 is 0 Å². The largest absolute Gasteiger partial charge is 0.331 e. The van der Waals surface area contributed by atoms with Crippen molar-refractivity contribution in [3.05, 3.63) is 40.7 Å². The van der Waals surface area contributed by atoms with Gasteiger partial charge in [0.2, 0.25) is 0 Å². The summed E-state index contributed by atoms with van der Waals surface area (Å²) in [6, 6.07) is 8.20. The lowest BCUT2D eigenvalue weighted by Crippen LogP contribution is -2.06. The van der Waals surface area contributed by atoms with Crippen molar-refractivity contribution in [3.8, 4) is 0 Å². The number of rotatable bonds is 4. The molecule has 1 aromatic carbocycles. The first-order chi connectivity index (χ1) is 8.56. The number of anilines is 1. The van der Waals surface area contributed by atoms with Crippen LogP contribution >= 0.6 is 11.6 Å². The summed E-state index contributed by atoms with van der Waals surface area (Å²) in [6.45, 7) is 6.08. The predicted molar refractivity (Wildman–Crippen MR) is 71.9 cm³/mol. The van der Waals surface area contributed by atoms with Gasteiger partial charge in [0.15, 0.2) is 5.82 Å². The van der Waals surface area contributed by atoms with Crippen LogP contribution in [0.5, 0.6) is 0 Å². The fourth-order valence-corrected chi connectivity index (χ4v) is 1.67. The SMILES string of the molecule is CC(C)c1noc(NC(C)c2ccc(Cl)cc2)n1. The van der Waals surface area contributed by atoms with Crippen molar-refractivity contribution in [1.29, 1.82) is 0 Å². The third kappa shape index (κ3) is 3.01. The Morgan fingerprint density at radius 3 is 2.39 bits per heavy atom. The summed E-state index contributed by atoms with van der Waals surface area (Å²) >= 11 is 5.85. The number of nitrogens with zero attached hydrogens (tertiary/aromatic N) is 2. The first-order valence-electron chi connectivity index (χ1n) is 5.92. The highest BCUT2D eigenvalue weighted by molar-refractivity contribution is 6.30. The Morgan fingerprint density at radius 1 is 1.17 bits per heavy atom. The van der Waals surface area contributed by atoms with Crippen molar-refractivity contribution in [2.75, 3.05) is 5.32 Å². The van der Waals surface area contributed by atoms with Gasteiger partial charge in [-0.15, -0.1) is 0 Å². The van der Waals surface area contributed by atoms with E-state index in [0.717, 1.165) is 10.6 Å². The number of halogens is 1. The Labute approximate surface area is 111 Å². The van der Waals surface area contributed by atoms with Gasteiger partial charge in [-0.25, -0.2) is 0 Å². The van der Waals surface area contributed by atoms with E-state index >= 15 is 0 Å². The molecule has 0 amide bonds. The van der Waals surface area contributed by atoms with E-state index in [1.807, 2.05) is 45.0 Å². The highest BCUT2D eigenvalue weighted by Crippen LogP contribution is 2.21. The smallest absolute Gasteiger partial charge is 0.321 e. The van der Waals surface area contributed by atoms with Gasteiger partial charge in [-0.2, -0.15) is 4.98 Å². The predicted octanol–water partition coefficient (Wildman–Crippen LogP) is 4.02. The number of nitrogens with one attached hydrogen (secondary N) is 1. The third-order valence-electron chi connectivity index (χ3n) is 2.67. The summed E-state index contributed by atoms with van der Waals surface area (Å²) in [5.41, 5.74) is 1.11. The molecular weight excluding hydrogens is 250 g/mol. The maximum absolute atomic E-state index is 5.85. The molecule has 96 valence electrons. The van der Waals surface area contributed by atoms with Crippen LogP contribution in [-0.4, -0.2) is 10.1 Å². The molecule has 0 fully saturated rings. The van der Waals surface area contributed by atoms with Gasteiger partial charge >= 0.3 is 6.01 Å². The van der Waals surface area contributed by atoms with Crippen molar-refractivity contribution in [2.45, 2.75) is 32.7 Å². The van der Waals surface area contributed by atoms with Gasteiger partial charge < -0.3 is 9.84 Å². The zero-order valence-electron chi connectivity index (χ0n) is 10.6. The van der Waals surface area contributed by atoms with Crippen LogP contribution in [0.4, 0.5) is 6.01 Å². The topological polar surface area (TPSA) is 51.0 Å². The minimum atomic E-state index is 0.0859. The molecule has 0 radical (unpaired) electrons. The Balaban J connectivity index is 2.06. The standard InChI is InChI=1S/C13H16ClN3O/c1-8(2)12-16-13(18-17-12)15-9(3)10-4-6-11(14)7-5-10/h4-9H,1-3H3,(H,15,16,17). The third-order valence-corrected chi connectivity index (χ3v) is 2.92. The number of aromatic nitrogens is 2. The molecule has 0 aliphatic heterocycles. The van der Waals surface area contributed by atoms with Crippen LogP contribution in [0.1, 0.15) is 44.1 Å². The normalized spacial score (nSPS) is 12.7. The van der Waals surface area contributed by atoms with Gasteiger partial charge in [0.1, 0.15) is 0 Å². The second-order valence-electron chi connectivity index (χ2n) is 4.53. The monoisotopic (exact) mass is 265 g/mol. The number of hydrogen-bond acceptors (Lipinski definition) is 4. The van der Waals surface area contributed by atoms with Crippen LogP contribution in [-0.2, 0) is 0 Å². The first-order valence-corrected chi connectivity index (χ1v) is 6.29. The van der Waals surface area contributed by atoms with Gasteiger partial charge in [0.25, 0.3) is 0 Å². The Hall–Kier alpha value is -1.55. The molecule has 0 aliphatic rings. The Bertz CT molecular complexity index is 507. The molecule has 1 aromatic heterocycles. The van der Waals surface area contributed by atoms with E-state index in [4.69, 9.17) is 16.1 Å². The van der Waals surface area contributed by atoms with Gasteiger partial charge in [-0.05, 0) is 24.6 Å². The molecule has 0 saturated carbocycles. The van der Waals surface area contributed by atoms with E-state index in [1.54, 1.807) is 0 Å². The maximum atomic E-state index is 5.85. The van der Waals surface area contributed by atoms with E-state index in [-0.39, 0.29) is 12.0 Å². The second-order valence-corrected chi connectivity index (χ2v) is 4.97. The van der Waals surface area contributed by atoms with Crippen LogP contribution in [0.3, 0.4) is 0 Å². The van der Waals surface area contributed by atoms with Crippen LogP contribution in [0.15, 0.2) is 28.8 Å². The van der Waals surface area contributed by atoms with Crippen LogP contribution in [0, 0.1) is 0 Å². The molecule has 1 atom stereocenters. The van der Waals surface area contributed by atoms with E-state index in [2.05, 4.69) is 15.5 Å². The number of benzene rings is 1. The molecular formula is C13H16ClN3O. The second kappa shape index (κ2) is 5.40. The lowest BCUT2D eigenvalue weighted by atomic mass is 10.1. The van der Waals surface area contributed by atoms with E-state index in [9.17, 15) is 0 Å². The van der Waals surface area contributed by atoms with Crippen molar-refractivity contribution in [3.63, 3.8) is 0 Å². The minimum Gasteiger partial charge on any atom is -0.331 e. The molecule has 4 nitrogen and oxygen atoms in total. The highest BCUT2D eigenvalue weighted by atomic mass is 35.5. The highest BCUT2D eigenvalue weighted by Gasteiger charge is 2.12. The lowest BCUT2D eigenvalue weighted by molar-refractivity contribution is 0.416. The summed E-state index contributed by atoms with van der Waals surface area (Å²) in [6.07, 6.45) is 0. The summed E-state index contributed by atoms with van der Waals surface area (Å²) in [7, 11) is 0. The molecule has 5 heteroatoms. The maximum Gasteiger partial charge on any atom is 0.321 e. The summed E-state index contributed by atoms with van der Waals surface area (Å²) in [5.74, 6) is 0.968. The molecule has 1 unspecified atom stereocenters. The zero-order chi connectivity index (χ0) is 13.1. The summed E-state index contributed by atoms with van der Waals surface area (Å²) < 4.78 is 5.14. The summed E-state index contributed by atoms with van der Waals surface area (Å²) in [5, 5.41) is 7.80. The first kappa shape index (κ1) is 12.9. The average molecular weight is 266 g/mol. The fourth-order valence-electron chi connectivity index (χ4n) is 1.55. The molecule has 1 heterocycles. The molecule has 0 aliphatic carbocycles. The molecule has 0 spiro atoms. The van der Waals surface area contributed by atoms with Gasteiger partial charge in [-0.1, -0.05) is 42.7 Å². The van der Waals surface area contributed by atoms with Crippen LogP contribution in [0.2, 0.25) is 5.02 Å². The Kier molecular flexibility index (Phi) is 3.87. The van der Waals surface area contributed by atoms with Crippen LogP contribution < -0.4 is 5.32 Å². The quantitative estimate of drug-likeness (QED) is 0.907. The molecule has 2 rings (SSSR count). The molecule has 18 heavy (non-hydrogen) atoms. The van der Waals surface area contributed by atoms with Gasteiger partial charge in [0.05, 0.1) is 6.04 Å². The summed E-state index contributed by atoms with van der Waals surface area (Å²) in [4.78, 5) is 4.28. The van der Waals surface area contributed by atoms with Gasteiger partial charge in [0, 0.05) is 10.9 Å². The average Bonchev–Trinajstić information content (AvgIpc) is 2.78. The zero-order valence-corrected chi connectivity index (χ0v) is 11.4. The lowest BCUT2D eigenvalue weighted by Gasteiger charge is -2.11. The number of hydrogen-bond donors (Lipinski definition) is 1. The van der Waals surface area contributed by atoms with E-state index in [0.29, 0.717) is 11.8 Å². The van der Waals surface area contributed by atoms with E-state index in [1.165, 1.54) is 0 Å². The Morgan fingerprint density at radius 2 is 1.83 bits per heavy atom. The molecule has 0 saturated heterocycles. The van der Waals surface area contributed by atoms with Gasteiger partial charge in [-0.3, -0.25) is 0 Å². The van der Waals surface area contributed by atoms with Crippen molar-refractivity contribution in [2.24, 2.45) is 0 Å². The van der Waals surface area contributed by atoms with Crippen molar-refractivity contribution >= 4 is 17.6 Å². The van der Waals surface area contributed by atoms with Crippen LogP contribution in [0.25, 0.3) is 0 Å². The van der Waals surface area contributed by atoms with Crippen molar-refractivity contribution in [1.82, 2.24) is 10.1 Å². The molecule has 2 aromatic rings. The fraction of sp³-hybridized carbons (Fsp3) is 0.385. The minimum absolute atomic E-state index is 0.0859. The molecule has 1 N–H and O–H groups in total.